The topological polar surface area (TPSA) is 56.7 Å². The highest BCUT2D eigenvalue weighted by Gasteiger charge is 2.19. The van der Waals surface area contributed by atoms with E-state index in [1.807, 2.05) is 30.6 Å². The van der Waals surface area contributed by atoms with Crippen molar-refractivity contribution in [3.05, 3.63) is 59.4 Å². The van der Waals surface area contributed by atoms with E-state index in [-0.39, 0.29) is 0 Å². The standard InChI is InChI=1S/C17H19N3O2/c1-19(17(21)22)11-14-2-3-16-15(10-14)6-9-20(16)12-13-4-7-18-8-5-13/h2-5,7-8,10H,6,9,11-12H2,1H3,(H,21,22). The third-order valence-corrected chi connectivity index (χ3v) is 4.00. The first-order valence-electron chi connectivity index (χ1n) is 7.33. The minimum absolute atomic E-state index is 0.424. The number of anilines is 1. The molecule has 1 amide bonds. The van der Waals surface area contributed by atoms with Gasteiger partial charge in [-0.15, -0.1) is 0 Å². The lowest BCUT2D eigenvalue weighted by atomic mass is 10.1. The maximum absolute atomic E-state index is 10.9. The van der Waals surface area contributed by atoms with Gasteiger partial charge in [-0.1, -0.05) is 12.1 Å². The Morgan fingerprint density at radius 2 is 2.05 bits per heavy atom. The van der Waals surface area contributed by atoms with E-state index in [1.54, 1.807) is 7.05 Å². The summed E-state index contributed by atoms with van der Waals surface area (Å²) in [5.41, 5.74) is 4.83. The molecule has 0 unspecified atom stereocenters. The molecule has 2 heterocycles. The van der Waals surface area contributed by atoms with E-state index >= 15 is 0 Å². The van der Waals surface area contributed by atoms with Crippen LogP contribution >= 0.6 is 0 Å². The number of pyridine rings is 1. The van der Waals surface area contributed by atoms with Crippen LogP contribution in [0.3, 0.4) is 0 Å². The maximum atomic E-state index is 10.9. The summed E-state index contributed by atoms with van der Waals surface area (Å²) in [5, 5.41) is 8.96. The number of benzene rings is 1. The summed E-state index contributed by atoms with van der Waals surface area (Å²) in [6.07, 6.45) is 3.74. The Kier molecular flexibility index (Phi) is 3.96. The van der Waals surface area contributed by atoms with E-state index in [4.69, 9.17) is 5.11 Å². The summed E-state index contributed by atoms with van der Waals surface area (Å²) >= 11 is 0. The fourth-order valence-electron chi connectivity index (χ4n) is 2.84. The largest absolute Gasteiger partial charge is 0.465 e. The van der Waals surface area contributed by atoms with Gasteiger partial charge in [0.1, 0.15) is 0 Å². The number of carboxylic acid groups (broad SMARTS) is 1. The second kappa shape index (κ2) is 6.05. The van der Waals surface area contributed by atoms with Gasteiger partial charge in [-0.05, 0) is 41.3 Å². The number of nitrogens with zero attached hydrogens (tertiary/aromatic N) is 3. The second-order valence-corrected chi connectivity index (χ2v) is 5.63. The molecular weight excluding hydrogens is 278 g/mol. The Balaban J connectivity index is 1.74. The SMILES string of the molecule is CN(Cc1ccc2c(c1)CCN2Cc1ccncc1)C(=O)O. The number of hydrogen-bond acceptors (Lipinski definition) is 3. The third kappa shape index (κ3) is 3.03. The first-order valence-corrected chi connectivity index (χ1v) is 7.33. The maximum Gasteiger partial charge on any atom is 0.407 e. The molecule has 5 heteroatoms. The highest BCUT2D eigenvalue weighted by Crippen LogP contribution is 2.30. The number of carbonyl (C=O) groups is 1. The lowest BCUT2D eigenvalue weighted by Crippen LogP contribution is -2.24. The van der Waals surface area contributed by atoms with Gasteiger partial charge >= 0.3 is 6.09 Å². The Labute approximate surface area is 129 Å². The summed E-state index contributed by atoms with van der Waals surface area (Å²) < 4.78 is 0. The van der Waals surface area contributed by atoms with E-state index in [2.05, 4.69) is 22.0 Å². The van der Waals surface area contributed by atoms with E-state index in [0.717, 1.165) is 25.1 Å². The summed E-state index contributed by atoms with van der Waals surface area (Å²) in [6.45, 7) is 2.30. The summed E-state index contributed by atoms with van der Waals surface area (Å²) in [4.78, 5) is 18.6. The zero-order chi connectivity index (χ0) is 15.5. The van der Waals surface area contributed by atoms with Crippen LogP contribution in [-0.2, 0) is 19.5 Å². The van der Waals surface area contributed by atoms with Crippen molar-refractivity contribution in [1.29, 1.82) is 0 Å². The van der Waals surface area contributed by atoms with Gasteiger partial charge in [0.25, 0.3) is 0 Å². The molecular formula is C17H19N3O2. The van der Waals surface area contributed by atoms with Crippen LogP contribution in [0.4, 0.5) is 10.5 Å². The van der Waals surface area contributed by atoms with Crippen molar-refractivity contribution >= 4 is 11.8 Å². The van der Waals surface area contributed by atoms with Gasteiger partial charge in [-0.2, -0.15) is 0 Å². The van der Waals surface area contributed by atoms with Crippen molar-refractivity contribution in [2.75, 3.05) is 18.5 Å². The molecule has 0 spiro atoms. The van der Waals surface area contributed by atoms with Gasteiger partial charge in [-0.3, -0.25) is 4.98 Å². The van der Waals surface area contributed by atoms with Crippen LogP contribution in [0.1, 0.15) is 16.7 Å². The van der Waals surface area contributed by atoms with Crippen molar-refractivity contribution in [1.82, 2.24) is 9.88 Å². The molecule has 2 aromatic rings. The van der Waals surface area contributed by atoms with E-state index in [1.165, 1.54) is 21.7 Å². The highest BCUT2D eigenvalue weighted by atomic mass is 16.4. The van der Waals surface area contributed by atoms with Crippen molar-refractivity contribution in [3.63, 3.8) is 0 Å². The van der Waals surface area contributed by atoms with E-state index in [0.29, 0.717) is 6.54 Å². The Morgan fingerprint density at radius 1 is 1.27 bits per heavy atom. The highest BCUT2D eigenvalue weighted by molar-refractivity contribution is 5.65. The van der Waals surface area contributed by atoms with E-state index in [9.17, 15) is 4.79 Å². The lowest BCUT2D eigenvalue weighted by molar-refractivity contribution is 0.153. The summed E-state index contributed by atoms with van der Waals surface area (Å²) in [5.74, 6) is 0. The predicted octanol–water partition coefficient (Wildman–Crippen LogP) is 2.75. The summed E-state index contributed by atoms with van der Waals surface area (Å²) in [6, 6.07) is 10.3. The molecule has 0 fully saturated rings. The molecule has 1 N–H and O–H groups in total. The van der Waals surface area contributed by atoms with Crippen LogP contribution in [0.2, 0.25) is 0 Å². The number of rotatable bonds is 4. The molecule has 0 aliphatic carbocycles. The predicted molar refractivity (Wildman–Crippen MR) is 84.9 cm³/mol. The molecule has 0 saturated carbocycles. The monoisotopic (exact) mass is 297 g/mol. The average molecular weight is 297 g/mol. The molecule has 0 saturated heterocycles. The normalized spacial score (nSPS) is 13.0. The molecule has 1 aromatic carbocycles. The minimum atomic E-state index is -0.903. The third-order valence-electron chi connectivity index (χ3n) is 4.00. The molecule has 0 bridgehead atoms. The minimum Gasteiger partial charge on any atom is -0.465 e. The van der Waals surface area contributed by atoms with Crippen LogP contribution in [0.15, 0.2) is 42.7 Å². The van der Waals surface area contributed by atoms with Crippen molar-refractivity contribution in [2.24, 2.45) is 0 Å². The van der Waals surface area contributed by atoms with Crippen LogP contribution in [0, 0.1) is 0 Å². The average Bonchev–Trinajstić information content (AvgIpc) is 2.90. The van der Waals surface area contributed by atoms with E-state index < -0.39 is 6.09 Å². The Morgan fingerprint density at radius 3 is 2.77 bits per heavy atom. The van der Waals surface area contributed by atoms with Crippen LogP contribution < -0.4 is 4.90 Å². The number of hydrogen-bond donors (Lipinski definition) is 1. The van der Waals surface area contributed by atoms with Gasteiger partial charge in [0.15, 0.2) is 0 Å². The molecule has 22 heavy (non-hydrogen) atoms. The smallest absolute Gasteiger partial charge is 0.407 e. The van der Waals surface area contributed by atoms with Crippen LogP contribution in [0.5, 0.6) is 0 Å². The van der Waals surface area contributed by atoms with Crippen LogP contribution in [-0.4, -0.2) is 34.7 Å². The van der Waals surface area contributed by atoms with Gasteiger partial charge in [-0.25, -0.2) is 4.79 Å². The van der Waals surface area contributed by atoms with Crippen molar-refractivity contribution in [3.8, 4) is 0 Å². The van der Waals surface area contributed by atoms with Crippen molar-refractivity contribution in [2.45, 2.75) is 19.5 Å². The molecule has 0 atom stereocenters. The molecule has 5 nitrogen and oxygen atoms in total. The molecule has 1 aliphatic heterocycles. The van der Waals surface area contributed by atoms with Gasteiger partial charge in [0.2, 0.25) is 0 Å². The van der Waals surface area contributed by atoms with Gasteiger partial charge in [0, 0.05) is 44.8 Å². The summed E-state index contributed by atoms with van der Waals surface area (Å²) in [7, 11) is 1.59. The molecule has 0 radical (unpaired) electrons. The lowest BCUT2D eigenvalue weighted by Gasteiger charge is -2.20. The fraction of sp³-hybridized carbons (Fsp3) is 0.294. The first kappa shape index (κ1) is 14.4. The van der Waals surface area contributed by atoms with Gasteiger partial charge in [0.05, 0.1) is 0 Å². The molecule has 1 aromatic heterocycles. The van der Waals surface area contributed by atoms with Gasteiger partial charge < -0.3 is 14.9 Å². The Hall–Kier alpha value is -2.56. The Bertz CT molecular complexity index is 673. The molecule has 3 rings (SSSR count). The number of fused-ring (bicyclic) bond motifs is 1. The zero-order valence-electron chi connectivity index (χ0n) is 12.6. The molecule has 1 aliphatic rings. The zero-order valence-corrected chi connectivity index (χ0v) is 12.6. The number of aromatic nitrogens is 1. The second-order valence-electron chi connectivity index (χ2n) is 5.63. The van der Waals surface area contributed by atoms with Crippen molar-refractivity contribution < 1.29 is 9.90 Å². The first-order chi connectivity index (χ1) is 10.6. The van der Waals surface area contributed by atoms with Crippen LogP contribution in [0.25, 0.3) is 0 Å². The molecule has 114 valence electrons. The fourth-order valence-corrected chi connectivity index (χ4v) is 2.84. The number of amides is 1. The quantitative estimate of drug-likeness (QED) is 0.943.